The maximum absolute atomic E-state index is 10.8. The van der Waals surface area contributed by atoms with E-state index in [1.807, 2.05) is 24.3 Å². The molecule has 1 aromatic carbocycles. The lowest BCUT2D eigenvalue weighted by molar-refractivity contribution is 0.0683. The van der Waals surface area contributed by atoms with Gasteiger partial charge in [0.25, 0.3) is 0 Å². The molecule has 92 valence electrons. The van der Waals surface area contributed by atoms with Crippen molar-refractivity contribution in [3.63, 3.8) is 0 Å². The Labute approximate surface area is 116 Å². The third-order valence-corrected chi connectivity index (χ3v) is 2.66. The first-order chi connectivity index (χ1) is 8.54. The number of aromatic nitrogens is 3. The van der Waals surface area contributed by atoms with Crippen LogP contribution in [0.25, 0.3) is 0 Å². The first-order valence-electron chi connectivity index (χ1n) is 4.82. The third-order valence-electron chi connectivity index (χ3n) is 1.94. The van der Waals surface area contributed by atoms with E-state index in [9.17, 15) is 4.79 Å². The van der Waals surface area contributed by atoms with Gasteiger partial charge >= 0.3 is 5.97 Å². The van der Waals surface area contributed by atoms with Gasteiger partial charge in [-0.05, 0) is 46.9 Å². The molecule has 2 rings (SSSR count). The van der Waals surface area contributed by atoms with Crippen molar-refractivity contribution in [3.8, 4) is 0 Å². The quantitative estimate of drug-likeness (QED) is 0.714. The van der Waals surface area contributed by atoms with Crippen LogP contribution in [-0.4, -0.2) is 26.0 Å². The standard InChI is InChI=1S/C10H8IN5O2/c11-5-1-3-6(4-2-5)13-10-15-7(8(17)18)14-9(12)16-10/h1-4H,(H,17,18)(H3,12,13,14,15,16). The summed E-state index contributed by atoms with van der Waals surface area (Å²) in [4.78, 5) is 21.8. The van der Waals surface area contributed by atoms with Gasteiger partial charge in [0.1, 0.15) is 0 Å². The summed E-state index contributed by atoms with van der Waals surface area (Å²) in [7, 11) is 0. The monoisotopic (exact) mass is 357 g/mol. The van der Waals surface area contributed by atoms with Crippen LogP contribution in [0.4, 0.5) is 17.6 Å². The van der Waals surface area contributed by atoms with Gasteiger partial charge in [-0.15, -0.1) is 0 Å². The van der Waals surface area contributed by atoms with E-state index in [1.165, 1.54) is 0 Å². The average Bonchev–Trinajstić information content (AvgIpc) is 2.31. The largest absolute Gasteiger partial charge is 0.475 e. The number of rotatable bonds is 3. The van der Waals surface area contributed by atoms with Crippen molar-refractivity contribution in [2.24, 2.45) is 0 Å². The van der Waals surface area contributed by atoms with Crippen LogP contribution in [0.15, 0.2) is 24.3 Å². The molecule has 8 heteroatoms. The van der Waals surface area contributed by atoms with Crippen molar-refractivity contribution < 1.29 is 9.90 Å². The summed E-state index contributed by atoms with van der Waals surface area (Å²) < 4.78 is 1.08. The predicted molar refractivity (Wildman–Crippen MR) is 73.6 cm³/mol. The minimum Gasteiger partial charge on any atom is -0.475 e. The van der Waals surface area contributed by atoms with Gasteiger partial charge in [0.05, 0.1) is 0 Å². The van der Waals surface area contributed by atoms with E-state index < -0.39 is 11.8 Å². The van der Waals surface area contributed by atoms with Crippen LogP contribution >= 0.6 is 22.6 Å². The maximum Gasteiger partial charge on any atom is 0.374 e. The van der Waals surface area contributed by atoms with Crippen molar-refractivity contribution in [1.82, 2.24) is 15.0 Å². The molecule has 0 unspecified atom stereocenters. The van der Waals surface area contributed by atoms with Crippen LogP contribution in [0.3, 0.4) is 0 Å². The summed E-state index contributed by atoms with van der Waals surface area (Å²) in [6.45, 7) is 0. The molecule has 1 heterocycles. The van der Waals surface area contributed by atoms with Gasteiger partial charge in [0, 0.05) is 9.26 Å². The molecule has 4 N–H and O–H groups in total. The number of hydrogen-bond donors (Lipinski definition) is 3. The fourth-order valence-corrected chi connectivity index (χ4v) is 1.57. The first-order valence-corrected chi connectivity index (χ1v) is 5.90. The number of aromatic carboxylic acids is 1. The molecule has 0 amide bonds. The highest BCUT2D eigenvalue weighted by atomic mass is 127. The van der Waals surface area contributed by atoms with Crippen LogP contribution in [0.2, 0.25) is 0 Å². The normalized spacial score (nSPS) is 10.1. The Morgan fingerprint density at radius 3 is 2.50 bits per heavy atom. The van der Waals surface area contributed by atoms with Gasteiger partial charge in [-0.2, -0.15) is 15.0 Å². The summed E-state index contributed by atoms with van der Waals surface area (Å²) in [5.74, 6) is -1.69. The van der Waals surface area contributed by atoms with E-state index in [0.717, 1.165) is 9.26 Å². The Morgan fingerprint density at radius 1 is 1.22 bits per heavy atom. The SMILES string of the molecule is Nc1nc(Nc2ccc(I)cc2)nc(C(=O)O)n1. The number of halogens is 1. The zero-order valence-electron chi connectivity index (χ0n) is 8.96. The number of nitrogens with zero attached hydrogens (tertiary/aromatic N) is 3. The number of anilines is 3. The van der Waals surface area contributed by atoms with Gasteiger partial charge in [0.15, 0.2) is 0 Å². The fourth-order valence-electron chi connectivity index (χ4n) is 1.21. The summed E-state index contributed by atoms with van der Waals surface area (Å²) >= 11 is 2.18. The Balaban J connectivity index is 2.28. The molecule has 0 aliphatic carbocycles. The number of carboxylic acid groups (broad SMARTS) is 1. The van der Waals surface area contributed by atoms with Crippen LogP contribution < -0.4 is 11.1 Å². The number of carbonyl (C=O) groups is 1. The van der Waals surface area contributed by atoms with Crippen LogP contribution in [0.5, 0.6) is 0 Å². The van der Waals surface area contributed by atoms with E-state index in [2.05, 4.69) is 42.9 Å². The van der Waals surface area contributed by atoms with Crippen molar-refractivity contribution in [1.29, 1.82) is 0 Å². The van der Waals surface area contributed by atoms with E-state index in [1.54, 1.807) is 0 Å². The molecule has 1 aromatic heterocycles. The molecule has 7 nitrogen and oxygen atoms in total. The molecule has 0 spiro atoms. The van der Waals surface area contributed by atoms with Crippen LogP contribution in [0, 0.1) is 3.57 Å². The highest BCUT2D eigenvalue weighted by Gasteiger charge is 2.10. The fraction of sp³-hybridized carbons (Fsp3) is 0. The van der Waals surface area contributed by atoms with Crippen LogP contribution in [-0.2, 0) is 0 Å². The molecule has 18 heavy (non-hydrogen) atoms. The van der Waals surface area contributed by atoms with Crippen molar-refractivity contribution in [3.05, 3.63) is 33.7 Å². The Bertz CT molecular complexity index is 587. The number of nitrogens with two attached hydrogens (primary N) is 1. The van der Waals surface area contributed by atoms with Gasteiger partial charge in [-0.25, -0.2) is 4.79 Å². The second-order valence-electron chi connectivity index (χ2n) is 3.28. The lowest BCUT2D eigenvalue weighted by Crippen LogP contribution is -2.11. The molecule has 0 fully saturated rings. The van der Waals surface area contributed by atoms with Crippen molar-refractivity contribution in [2.75, 3.05) is 11.1 Å². The topological polar surface area (TPSA) is 114 Å². The predicted octanol–water partition coefficient (Wildman–Crippen LogP) is 1.50. The van der Waals surface area contributed by atoms with E-state index in [4.69, 9.17) is 10.8 Å². The van der Waals surface area contributed by atoms with Gasteiger partial charge in [-0.1, -0.05) is 0 Å². The van der Waals surface area contributed by atoms with Crippen LogP contribution in [0.1, 0.15) is 10.6 Å². The lowest BCUT2D eigenvalue weighted by atomic mass is 10.3. The van der Waals surface area contributed by atoms with Crippen molar-refractivity contribution >= 4 is 46.1 Å². The summed E-state index contributed by atoms with van der Waals surface area (Å²) in [5.41, 5.74) is 6.14. The van der Waals surface area contributed by atoms with Gasteiger partial charge < -0.3 is 16.2 Å². The Morgan fingerprint density at radius 2 is 1.89 bits per heavy atom. The minimum absolute atomic E-state index is 0.0982. The summed E-state index contributed by atoms with van der Waals surface area (Å²) in [6, 6.07) is 7.43. The molecule has 0 bridgehead atoms. The molecule has 0 atom stereocenters. The second-order valence-corrected chi connectivity index (χ2v) is 4.52. The summed E-state index contributed by atoms with van der Waals surface area (Å²) in [5, 5.41) is 11.7. The smallest absolute Gasteiger partial charge is 0.374 e. The Kier molecular flexibility index (Phi) is 3.55. The summed E-state index contributed by atoms with van der Waals surface area (Å²) in [6.07, 6.45) is 0. The number of nitrogens with one attached hydrogen (secondary N) is 1. The molecule has 2 aromatic rings. The molecular weight excluding hydrogens is 349 g/mol. The molecule has 0 aliphatic rings. The molecule has 0 saturated carbocycles. The zero-order chi connectivity index (χ0) is 13.1. The molecule has 0 radical (unpaired) electrons. The number of carboxylic acids is 1. The van der Waals surface area contributed by atoms with E-state index in [0.29, 0.717) is 0 Å². The number of hydrogen-bond acceptors (Lipinski definition) is 6. The second kappa shape index (κ2) is 5.12. The maximum atomic E-state index is 10.8. The average molecular weight is 357 g/mol. The molecular formula is C10H8IN5O2. The van der Waals surface area contributed by atoms with E-state index in [-0.39, 0.29) is 11.9 Å². The highest BCUT2D eigenvalue weighted by Crippen LogP contribution is 2.15. The number of nitrogen functional groups attached to an aromatic ring is 1. The van der Waals surface area contributed by atoms with E-state index >= 15 is 0 Å². The first kappa shape index (κ1) is 12.5. The lowest BCUT2D eigenvalue weighted by Gasteiger charge is -2.05. The minimum atomic E-state index is -1.25. The molecule has 0 aliphatic heterocycles. The molecule has 0 saturated heterocycles. The van der Waals surface area contributed by atoms with Gasteiger partial charge in [0.2, 0.25) is 17.7 Å². The highest BCUT2D eigenvalue weighted by molar-refractivity contribution is 14.1. The zero-order valence-corrected chi connectivity index (χ0v) is 11.1. The van der Waals surface area contributed by atoms with Gasteiger partial charge in [-0.3, -0.25) is 0 Å². The Hall–Kier alpha value is -1.97. The van der Waals surface area contributed by atoms with Crippen molar-refractivity contribution in [2.45, 2.75) is 0 Å². The number of benzene rings is 1. The third kappa shape index (κ3) is 3.03.